The van der Waals surface area contributed by atoms with Gasteiger partial charge in [0.05, 0.1) is 11.1 Å². The molecule has 82 valence electrons. The van der Waals surface area contributed by atoms with Gasteiger partial charge in [0, 0.05) is 10.8 Å². The van der Waals surface area contributed by atoms with Crippen LogP contribution in [0.1, 0.15) is 11.1 Å². The quantitative estimate of drug-likeness (QED) is 0.338. The van der Waals surface area contributed by atoms with Gasteiger partial charge in [0.1, 0.15) is 0 Å². The van der Waals surface area contributed by atoms with Gasteiger partial charge < -0.3 is 5.53 Å². The SMILES string of the molecule is N#N.[N-]=[N+]=C(c1ccccc1)c1ccccc1. The van der Waals surface area contributed by atoms with Crippen molar-refractivity contribution in [1.29, 1.82) is 10.8 Å². The van der Waals surface area contributed by atoms with Crippen LogP contribution in [0.2, 0.25) is 0 Å². The maximum atomic E-state index is 9.02. The molecule has 0 amide bonds. The normalized spacial score (nSPS) is 8.35. The zero-order valence-electron chi connectivity index (χ0n) is 9.06. The highest BCUT2D eigenvalue weighted by molar-refractivity contribution is 6.09. The standard InChI is InChI=1S/C13H10N2.N2/c14-15-13(11-7-3-1-4-8-11)12-9-5-2-6-10-12;1-2/h1-10H;. The van der Waals surface area contributed by atoms with Crippen molar-refractivity contribution in [2.24, 2.45) is 0 Å². The van der Waals surface area contributed by atoms with Crippen molar-refractivity contribution in [2.75, 3.05) is 0 Å². The molecule has 0 heterocycles. The highest BCUT2D eigenvalue weighted by Crippen LogP contribution is 2.08. The minimum atomic E-state index is 0.594. The molecular formula is C13H10N4. The lowest BCUT2D eigenvalue weighted by Gasteiger charge is -1.95. The largest absolute Gasteiger partial charge is 0.361 e. The Morgan fingerprint density at radius 3 is 1.41 bits per heavy atom. The van der Waals surface area contributed by atoms with Gasteiger partial charge >= 0.3 is 5.71 Å². The van der Waals surface area contributed by atoms with Crippen LogP contribution in [0, 0.1) is 10.8 Å². The second-order valence-electron chi connectivity index (χ2n) is 3.18. The number of hydrogen-bond donors (Lipinski definition) is 0. The lowest BCUT2D eigenvalue weighted by atomic mass is 10.0. The number of rotatable bonds is 2. The summed E-state index contributed by atoms with van der Waals surface area (Å²) in [5.74, 6) is 0. The summed E-state index contributed by atoms with van der Waals surface area (Å²) >= 11 is 0. The Bertz CT molecular complexity index is 484. The molecule has 0 bridgehead atoms. The van der Waals surface area contributed by atoms with Crippen LogP contribution in [0.3, 0.4) is 0 Å². The zero-order chi connectivity index (χ0) is 12.5. The Morgan fingerprint density at radius 1 is 0.765 bits per heavy atom. The van der Waals surface area contributed by atoms with Crippen LogP contribution in [-0.2, 0) is 0 Å². The van der Waals surface area contributed by atoms with Gasteiger partial charge in [-0.1, -0.05) is 36.4 Å². The Kier molecular flexibility index (Phi) is 4.83. The van der Waals surface area contributed by atoms with Crippen molar-refractivity contribution in [3.05, 3.63) is 77.3 Å². The molecule has 17 heavy (non-hydrogen) atoms. The molecule has 0 unspecified atom stereocenters. The van der Waals surface area contributed by atoms with E-state index in [4.69, 9.17) is 16.3 Å². The summed E-state index contributed by atoms with van der Waals surface area (Å²) in [6.45, 7) is 0. The first-order chi connectivity index (χ1) is 8.42. The van der Waals surface area contributed by atoms with E-state index in [1.54, 1.807) is 0 Å². The fraction of sp³-hybridized carbons (Fsp3) is 0. The smallest absolute Gasteiger partial charge is 0.329 e. The fourth-order valence-electron chi connectivity index (χ4n) is 1.47. The van der Waals surface area contributed by atoms with Gasteiger partial charge in [-0.05, 0) is 24.3 Å². The lowest BCUT2D eigenvalue weighted by Crippen LogP contribution is -2.03. The average molecular weight is 222 g/mol. The third-order valence-corrected chi connectivity index (χ3v) is 2.19. The van der Waals surface area contributed by atoms with E-state index in [-0.39, 0.29) is 0 Å². The summed E-state index contributed by atoms with van der Waals surface area (Å²) in [6.07, 6.45) is 0. The molecule has 4 heteroatoms. The van der Waals surface area contributed by atoms with Gasteiger partial charge in [0.15, 0.2) is 0 Å². The Morgan fingerprint density at radius 2 is 1.12 bits per heavy atom. The first-order valence-electron chi connectivity index (χ1n) is 4.94. The molecule has 0 atom stereocenters. The summed E-state index contributed by atoms with van der Waals surface area (Å²) in [5.41, 5.74) is 11.4. The average Bonchev–Trinajstić information content (AvgIpc) is 2.44. The predicted octanol–water partition coefficient (Wildman–Crippen LogP) is 2.78. The predicted molar refractivity (Wildman–Crippen MR) is 63.2 cm³/mol. The van der Waals surface area contributed by atoms with Crippen molar-refractivity contribution in [2.45, 2.75) is 0 Å². The van der Waals surface area contributed by atoms with Gasteiger partial charge in [-0.15, -0.1) is 0 Å². The molecule has 0 spiro atoms. The topological polar surface area (TPSA) is 84.0 Å². The third kappa shape index (κ3) is 3.10. The van der Waals surface area contributed by atoms with Crippen LogP contribution in [0.15, 0.2) is 60.7 Å². The number of hydrogen-bond acceptors (Lipinski definition) is 2. The van der Waals surface area contributed by atoms with Crippen LogP contribution < -0.4 is 0 Å². The van der Waals surface area contributed by atoms with Crippen LogP contribution >= 0.6 is 0 Å². The molecule has 0 N–H and O–H groups in total. The molecule has 2 aromatic rings. The van der Waals surface area contributed by atoms with Crippen molar-refractivity contribution in [3.63, 3.8) is 0 Å². The second kappa shape index (κ2) is 6.67. The Labute approximate surface area is 99.2 Å². The van der Waals surface area contributed by atoms with Gasteiger partial charge in [-0.2, -0.15) is 4.79 Å². The molecule has 0 aliphatic carbocycles. The van der Waals surface area contributed by atoms with E-state index in [1.807, 2.05) is 60.7 Å². The van der Waals surface area contributed by atoms with Crippen molar-refractivity contribution in [3.8, 4) is 0 Å². The third-order valence-electron chi connectivity index (χ3n) is 2.19. The zero-order valence-corrected chi connectivity index (χ0v) is 9.06. The molecule has 4 nitrogen and oxygen atoms in total. The van der Waals surface area contributed by atoms with Crippen molar-refractivity contribution < 1.29 is 4.79 Å². The fourth-order valence-corrected chi connectivity index (χ4v) is 1.47. The number of nitrogens with zero attached hydrogens (tertiary/aromatic N) is 4. The first-order valence-corrected chi connectivity index (χ1v) is 4.94. The van der Waals surface area contributed by atoms with E-state index in [2.05, 4.69) is 4.79 Å². The molecular weight excluding hydrogens is 212 g/mol. The monoisotopic (exact) mass is 222 g/mol. The molecule has 0 saturated carbocycles. The van der Waals surface area contributed by atoms with Crippen LogP contribution in [0.5, 0.6) is 0 Å². The molecule has 0 radical (unpaired) electrons. The van der Waals surface area contributed by atoms with Crippen LogP contribution in [0.4, 0.5) is 0 Å². The van der Waals surface area contributed by atoms with Crippen molar-refractivity contribution >= 4 is 5.71 Å². The maximum absolute atomic E-state index is 9.02. The van der Waals surface area contributed by atoms with Gasteiger partial charge in [-0.3, -0.25) is 0 Å². The van der Waals surface area contributed by atoms with Crippen LogP contribution in [0.25, 0.3) is 5.53 Å². The molecule has 0 fully saturated rings. The second-order valence-corrected chi connectivity index (χ2v) is 3.18. The van der Waals surface area contributed by atoms with E-state index in [1.165, 1.54) is 0 Å². The van der Waals surface area contributed by atoms with Gasteiger partial charge in [0.2, 0.25) is 0 Å². The summed E-state index contributed by atoms with van der Waals surface area (Å²) in [7, 11) is 0. The minimum absolute atomic E-state index is 0.594. The maximum Gasteiger partial charge on any atom is 0.329 e. The molecule has 2 aromatic carbocycles. The van der Waals surface area contributed by atoms with E-state index in [0.717, 1.165) is 11.1 Å². The summed E-state index contributed by atoms with van der Waals surface area (Å²) in [4.78, 5) is 3.35. The highest BCUT2D eigenvalue weighted by Gasteiger charge is 2.13. The summed E-state index contributed by atoms with van der Waals surface area (Å²) in [5, 5.41) is 12.0. The molecule has 0 aromatic heterocycles. The summed E-state index contributed by atoms with van der Waals surface area (Å²) in [6, 6.07) is 19.2. The van der Waals surface area contributed by atoms with E-state index < -0.39 is 0 Å². The Hall–Kier alpha value is -2.76. The van der Waals surface area contributed by atoms with E-state index >= 15 is 0 Å². The molecule has 0 aliphatic rings. The van der Waals surface area contributed by atoms with E-state index in [0.29, 0.717) is 5.71 Å². The van der Waals surface area contributed by atoms with Crippen LogP contribution in [-0.4, -0.2) is 10.5 Å². The minimum Gasteiger partial charge on any atom is -0.361 e. The highest BCUT2D eigenvalue weighted by atomic mass is 14.9. The lowest BCUT2D eigenvalue weighted by molar-refractivity contribution is -0.00279. The number of benzene rings is 2. The first kappa shape index (κ1) is 12.3. The Balaban J connectivity index is 0.000000686. The molecule has 0 aliphatic heterocycles. The molecule has 2 rings (SSSR count). The summed E-state index contributed by atoms with van der Waals surface area (Å²) < 4.78 is 0. The van der Waals surface area contributed by atoms with Gasteiger partial charge in [-0.25, -0.2) is 0 Å². The van der Waals surface area contributed by atoms with E-state index in [9.17, 15) is 0 Å². The van der Waals surface area contributed by atoms with Gasteiger partial charge in [0.25, 0.3) is 0 Å². The van der Waals surface area contributed by atoms with Crippen molar-refractivity contribution in [1.82, 2.24) is 0 Å². The molecule has 0 saturated heterocycles.